The first-order valence-corrected chi connectivity index (χ1v) is 12.8. The van der Waals surface area contributed by atoms with Crippen LogP contribution in [0.1, 0.15) is 36.0 Å². The number of amides is 2. The van der Waals surface area contributed by atoms with Crippen LogP contribution in [0.3, 0.4) is 0 Å². The van der Waals surface area contributed by atoms with Crippen molar-refractivity contribution in [3.63, 3.8) is 0 Å². The molecule has 7 nitrogen and oxygen atoms in total. The quantitative estimate of drug-likeness (QED) is 0.423. The van der Waals surface area contributed by atoms with E-state index in [0.29, 0.717) is 36.2 Å². The minimum atomic E-state index is -4.85. The SMILES string of the molecule is CC(=O)NCC(=O)N1CCC(NCc2cc(-c3ccc(C#N)cc3)ccc2OC(F)(F)F)C(c2ccccc2)C1. The van der Waals surface area contributed by atoms with Crippen LogP contribution in [-0.4, -0.2) is 48.8 Å². The zero-order valence-corrected chi connectivity index (χ0v) is 21.9. The van der Waals surface area contributed by atoms with E-state index >= 15 is 0 Å². The summed E-state index contributed by atoms with van der Waals surface area (Å²) in [5.74, 6) is -0.892. The summed E-state index contributed by atoms with van der Waals surface area (Å²) in [6.07, 6.45) is -4.28. The van der Waals surface area contributed by atoms with Gasteiger partial charge in [-0.3, -0.25) is 9.59 Å². The number of carbonyl (C=O) groups excluding carboxylic acids is 2. The van der Waals surface area contributed by atoms with Crippen molar-refractivity contribution >= 4 is 11.8 Å². The van der Waals surface area contributed by atoms with Gasteiger partial charge in [-0.15, -0.1) is 13.2 Å². The van der Waals surface area contributed by atoms with Gasteiger partial charge in [-0.05, 0) is 47.4 Å². The van der Waals surface area contributed by atoms with Gasteiger partial charge in [0.05, 0.1) is 18.2 Å². The van der Waals surface area contributed by atoms with Crippen molar-refractivity contribution in [3.05, 3.63) is 89.5 Å². The first kappa shape index (κ1) is 28.6. The van der Waals surface area contributed by atoms with Gasteiger partial charge < -0.3 is 20.3 Å². The second kappa shape index (κ2) is 12.7. The van der Waals surface area contributed by atoms with Gasteiger partial charge in [0, 0.05) is 44.1 Å². The Hall–Kier alpha value is -4.36. The van der Waals surface area contributed by atoms with Crippen molar-refractivity contribution in [2.45, 2.75) is 38.2 Å². The number of hydrogen-bond acceptors (Lipinski definition) is 5. The lowest BCUT2D eigenvalue weighted by atomic mass is 9.85. The molecule has 2 unspecified atom stereocenters. The fraction of sp³-hybridized carbons (Fsp3) is 0.300. The minimum absolute atomic E-state index is 0.0881. The number of likely N-dealkylation sites (tertiary alicyclic amines) is 1. The third kappa shape index (κ3) is 7.61. The number of hydrogen-bond donors (Lipinski definition) is 2. The van der Waals surface area contributed by atoms with Crippen LogP contribution in [0.5, 0.6) is 5.75 Å². The predicted octanol–water partition coefficient (Wildman–Crippen LogP) is 4.73. The summed E-state index contributed by atoms with van der Waals surface area (Å²) >= 11 is 0. The molecule has 4 rings (SSSR count). The molecular formula is C30H29F3N4O3. The first-order valence-electron chi connectivity index (χ1n) is 12.8. The summed E-state index contributed by atoms with van der Waals surface area (Å²) in [5, 5.41) is 15.0. The van der Waals surface area contributed by atoms with E-state index in [-0.39, 0.29) is 42.6 Å². The van der Waals surface area contributed by atoms with Gasteiger partial charge in [-0.25, -0.2) is 0 Å². The number of carbonyl (C=O) groups is 2. The number of nitriles is 1. The molecule has 0 saturated carbocycles. The maximum Gasteiger partial charge on any atom is 0.573 e. The molecule has 3 aromatic rings. The van der Waals surface area contributed by atoms with Crippen LogP contribution in [0.2, 0.25) is 0 Å². The third-order valence-electron chi connectivity index (χ3n) is 6.87. The molecule has 1 heterocycles. The predicted molar refractivity (Wildman–Crippen MR) is 143 cm³/mol. The molecule has 1 fully saturated rings. The molecule has 2 atom stereocenters. The largest absolute Gasteiger partial charge is 0.573 e. The normalized spacial score (nSPS) is 17.1. The molecular weight excluding hydrogens is 521 g/mol. The number of piperidine rings is 1. The van der Waals surface area contributed by atoms with E-state index in [9.17, 15) is 22.8 Å². The van der Waals surface area contributed by atoms with Crippen LogP contribution in [-0.2, 0) is 16.1 Å². The van der Waals surface area contributed by atoms with Crippen molar-refractivity contribution in [2.24, 2.45) is 0 Å². The van der Waals surface area contributed by atoms with Crippen LogP contribution in [0.4, 0.5) is 13.2 Å². The van der Waals surface area contributed by atoms with Crippen molar-refractivity contribution in [1.82, 2.24) is 15.5 Å². The standard InChI is InChI=1S/C30H29F3N4O3/c1-20(38)35-18-29(39)37-14-13-27(26(19-37)23-5-3-2-4-6-23)36-17-25-15-24(11-12-28(25)40-30(31,32)33)22-9-7-21(16-34)8-10-22/h2-12,15,26-27,36H,13-14,17-19H2,1H3,(H,35,38). The Bertz CT molecular complexity index is 1370. The zero-order chi connectivity index (χ0) is 28.7. The van der Waals surface area contributed by atoms with E-state index in [0.717, 1.165) is 11.1 Å². The van der Waals surface area contributed by atoms with Crippen molar-refractivity contribution < 1.29 is 27.5 Å². The summed E-state index contributed by atoms with van der Waals surface area (Å²) in [7, 11) is 0. The maximum absolute atomic E-state index is 13.2. The van der Waals surface area contributed by atoms with Gasteiger partial charge in [0.25, 0.3) is 0 Å². The molecule has 1 aliphatic heterocycles. The molecule has 2 amide bonds. The molecule has 0 aliphatic carbocycles. The highest BCUT2D eigenvalue weighted by Crippen LogP contribution is 2.33. The molecule has 0 spiro atoms. The molecule has 1 saturated heterocycles. The Kier molecular flexibility index (Phi) is 9.07. The van der Waals surface area contributed by atoms with Gasteiger partial charge >= 0.3 is 6.36 Å². The van der Waals surface area contributed by atoms with Gasteiger partial charge in [0.1, 0.15) is 5.75 Å². The highest BCUT2D eigenvalue weighted by molar-refractivity contribution is 5.83. The van der Waals surface area contributed by atoms with Crippen molar-refractivity contribution in [3.8, 4) is 22.9 Å². The summed E-state index contributed by atoms with van der Waals surface area (Å²) in [4.78, 5) is 25.7. The summed E-state index contributed by atoms with van der Waals surface area (Å²) in [5.41, 5.74) is 3.25. The molecule has 3 aromatic carbocycles. The number of rotatable bonds is 8. The second-order valence-corrected chi connectivity index (χ2v) is 9.60. The lowest BCUT2D eigenvalue weighted by Gasteiger charge is -2.39. The lowest BCUT2D eigenvalue weighted by molar-refractivity contribution is -0.274. The highest BCUT2D eigenvalue weighted by Gasteiger charge is 2.34. The molecule has 1 aliphatic rings. The summed E-state index contributed by atoms with van der Waals surface area (Å²) in [6.45, 7) is 2.20. The Balaban J connectivity index is 1.57. The molecule has 208 valence electrons. The molecule has 0 radical (unpaired) electrons. The molecule has 10 heteroatoms. The van der Waals surface area contributed by atoms with E-state index in [4.69, 9.17) is 5.26 Å². The Labute approximate surface area is 230 Å². The second-order valence-electron chi connectivity index (χ2n) is 9.60. The van der Waals surface area contributed by atoms with Crippen LogP contribution < -0.4 is 15.4 Å². The minimum Gasteiger partial charge on any atom is -0.405 e. The number of alkyl halides is 3. The zero-order valence-electron chi connectivity index (χ0n) is 21.9. The number of ether oxygens (including phenoxy) is 1. The van der Waals surface area contributed by atoms with E-state index in [1.54, 1.807) is 41.3 Å². The van der Waals surface area contributed by atoms with Crippen LogP contribution in [0, 0.1) is 11.3 Å². The molecule has 0 bridgehead atoms. The Morgan fingerprint density at radius 1 is 1.05 bits per heavy atom. The van der Waals surface area contributed by atoms with Gasteiger partial charge in [-0.2, -0.15) is 5.26 Å². The van der Waals surface area contributed by atoms with Crippen LogP contribution in [0.15, 0.2) is 72.8 Å². The molecule has 2 N–H and O–H groups in total. The number of nitrogens with zero attached hydrogens (tertiary/aromatic N) is 2. The topological polar surface area (TPSA) is 94.5 Å². The Morgan fingerprint density at radius 3 is 2.40 bits per heavy atom. The average molecular weight is 551 g/mol. The molecule has 40 heavy (non-hydrogen) atoms. The van der Waals surface area contributed by atoms with E-state index in [2.05, 4.69) is 21.4 Å². The van der Waals surface area contributed by atoms with Crippen molar-refractivity contribution in [1.29, 1.82) is 5.26 Å². The smallest absolute Gasteiger partial charge is 0.405 e. The number of nitrogens with one attached hydrogen (secondary N) is 2. The third-order valence-corrected chi connectivity index (χ3v) is 6.87. The Morgan fingerprint density at radius 2 is 1.75 bits per heavy atom. The van der Waals surface area contributed by atoms with Gasteiger partial charge in [0.15, 0.2) is 0 Å². The monoisotopic (exact) mass is 550 g/mol. The highest BCUT2D eigenvalue weighted by atomic mass is 19.4. The van der Waals surface area contributed by atoms with E-state index in [1.165, 1.54) is 13.0 Å². The number of benzene rings is 3. The summed E-state index contributed by atoms with van der Waals surface area (Å²) < 4.78 is 43.9. The number of halogens is 3. The average Bonchev–Trinajstić information content (AvgIpc) is 2.95. The van der Waals surface area contributed by atoms with Gasteiger partial charge in [0.2, 0.25) is 11.8 Å². The first-order chi connectivity index (χ1) is 19.1. The van der Waals surface area contributed by atoms with Gasteiger partial charge in [-0.1, -0.05) is 48.5 Å². The lowest BCUT2D eigenvalue weighted by Crippen LogP contribution is -2.51. The maximum atomic E-state index is 13.2. The molecule has 0 aromatic heterocycles. The van der Waals surface area contributed by atoms with E-state index in [1.807, 2.05) is 30.3 Å². The van der Waals surface area contributed by atoms with Crippen LogP contribution in [0.25, 0.3) is 11.1 Å². The fourth-order valence-electron chi connectivity index (χ4n) is 4.87. The fourth-order valence-corrected chi connectivity index (χ4v) is 4.87. The van der Waals surface area contributed by atoms with Crippen molar-refractivity contribution in [2.75, 3.05) is 19.6 Å². The van der Waals surface area contributed by atoms with E-state index < -0.39 is 6.36 Å². The van der Waals surface area contributed by atoms with Crippen LogP contribution >= 0.6 is 0 Å². The summed E-state index contributed by atoms with van der Waals surface area (Å²) in [6, 6.07) is 22.8.